The van der Waals surface area contributed by atoms with E-state index in [2.05, 4.69) is 25.8 Å². The summed E-state index contributed by atoms with van der Waals surface area (Å²) < 4.78 is 1.84. The molecule has 30 heavy (non-hydrogen) atoms. The van der Waals surface area contributed by atoms with Crippen LogP contribution in [0.15, 0.2) is 66.4 Å². The van der Waals surface area contributed by atoms with E-state index >= 15 is 0 Å². The Morgan fingerprint density at radius 1 is 1.13 bits per heavy atom. The van der Waals surface area contributed by atoms with Crippen molar-refractivity contribution >= 4 is 17.2 Å². The summed E-state index contributed by atoms with van der Waals surface area (Å²) in [6.45, 7) is 2.64. The highest BCUT2D eigenvalue weighted by atomic mass is 32.1. The first-order chi connectivity index (χ1) is 14.8. The van der Waals surface area contributed by atoms with Crippen molar-refractivity contribution < 1.29 is 4.79 Å². The molecule has 1 N–H and O–H groups in total. The van der Waals surface area contributed by atoms with Gasteiger partial charge in [-0.05, 0) is 37.1 Å². The molecule has 0 radical (unpaired) electrons. The van der Waals surface area contributed by atoms with Crippen molar-refractivity contribution in [1.29, 1.82) is 0 Å². The molecule has 0 aliphatic heterocycles. The van der Waals surface area contributed by atoms with Crippen molar-refractivity contribution in [2.75, 3.05) is 6.54 Å². The highest BCUT2D eigenvalue weighted by Gasteiger charge is 2.16. The summed E-state index contributed by atoms with van der Waals surface area (Å²) in [6, 6.07) is 13.8. The van der Waals surface area contributed by atoms with Gasteiger partial charge in [-0.2, -0.15) is 5.10 Å². The van der Waals surface area contributed by atoms with Gasteiger partial charge in [-0.15, -0.1) is 11.3 Å². The molecule has 1 aromatic carbocycles. The number of benzene rings is 1. The SMILES string of the molecule is CCc1c(C(=O)NCCCc2nc(-c3ccncc3)cs2)cnn1-c1ccccc1. The number of para-hydroxylation sites is 1. The van der Waals surface area contributed by atoms with Gasteiger partial charge in [0.1, 0.15) is 0 Å². The van der Waals surface area contributed by atoms with E-state index in [0.717, 1.165) is 46.9 Å². The topological polar surface area (TPSA) is 72.7 Å². The Balaban J connectivity index is 1.33. The minimum atomic E-state index is -0.0781. The van der Waals surface area contributed by atoms with Crippen LogP contribution in [-0.2, 0) is 12.8 Å². The standard InChI is InChI=1S/C23H23N5OS/c1-2-21-19(15-26-28(21)18-7-4-3-5-8-18)23(29)25-12-6-9-22-27-20(16-30-22)17-10-13-24-14-11-17/h3-5,7-8,10-11,13-16H,2,6,9,12H2,1H3,(H,25,29). The summed E-state index contributed by atoms with van der Waals surface area (Å²) in [5, 5.41) is 10.6. The molecule has 3 heterocycles. The third-order valence-electron chi connectivity index (χ3n) is 4.83. The maximum atomic E-state index is 12.7. The Morgan fingerprint density at radius 2 is 1.93 bits per heavy atom. The molecule has 4 aromatic rings. The second-order valence-electron chi connectivity index (χ2n) is 6.83. The lowest BCUT2D eigenvalue weighted by molar-refractivity contribution is 0.0952. The predicted octanol–water partition coefficient (Wildman–Crippen LogP) is 4.32. The molecule has 152 valence electrons. The second-order valence-corrected chi connectivity index (χ2v) is 7.77. The minimum absolute atomic E-state index is 0.0781. The van der Waals surface area contributed by atoms with E-state index in [1.54, 1.807) is 29.9 Å². The number of aryl methyl sites for hydroxylation is 1. The quantitative estimate of drug-likeness (QED) is 0.434. The van der Waals surface area contributed by atoms with Crippen LogP contribution in [0.25, 0.3) is 16.9 Å². The van der Waals surface area contributed by atoms with Crippen LogP contribution < -0.4 is 5.32 Å². The molecule has 0 bridgehead atoms. The Bertz CT molecular complexity index is 1110. The van der Waals surface area contributed by atoms with Gasteiger partial charge in [0, 0.05) is 36.3 Å². The molecular formula is C23H23N5OS. The largest absolute Gasteiger partial charge is 0.352 e. The maximum absolute atomic E-state index is 12.7. The summed E-state index contributed by atoms with van der Waals surface area (Å²) >= 11 is 1.65. The first-order valence-electron chi connectivity index (χ1n) is 10.0. The van der Waals surface area contributed by atoms with Gasteiger partial charge in [0.25, 0.3) is 5.91 Å². The number of hydrogen-bond acceptors (Lipinski definition) is 5. The van der Waals surface area contributed by atoms with Gasteiger partial charge in [-0.3, -0.25) is 9.78 Å². The van der Waals surface area contributed by atoms with Crippen molar-refractivity contribution in [3.05, 3.63) is 82.7 Å². The van der Waals surface area contributed by atoms with Gasteiger partial charge >= 0.3 is 0 Å². The van der Waals surface area contributed by atoms with Gasteiger partial charge in [0.2, 0.25) is 0 Å². The predicted molar refractivity (Wildman–Crippen MR) is 119 cm³/mol. The van der Waals surface area contributed by atoms with Crippen LogP contribution in [0.1, 0.15) is 34.4 Å². The van der Waals surface area contributed by atoms with Crippen molar-refractivity contribution in [3.63, 3.8) is 0 Å². The van der Waals surface area contributed by atoms with E-state index in [9.17, 15) is 4.79 Å². The molecular weight excluding hydrogens is 394 g/mol. The number of pyridine rings is 1. The Kier molecular flexibility index (Phi) is 6.29. The van der Waals surface area contributed by atoms with Crippen LogP contribution in [0.2, 0.25) is 0 Å². The van der Waals surface area contributed by atoms with Crippen molar-refractivity contribution in [2.24, 2.45) is 0 Å². The molecule has 0 spiro atoms. The molecule has 7 heteroatoms. The Labute approximate surface area is 179 Å². The maximum Gasteiger partial charge on any atom is 0.254 e. The van der Waals surface area contributed by atoms with Crippen molar-refractivity contribution in [1.82, 2.24) is 25.1 Å². The highest BCUT2D eigenvalue weighted by molar-refractivity contribution is 7.09. The van der Waals surface area contributed by atoms with Gasteiger partial charge in [0.15, 0.2) is 0 Å². The lowest BCUT2D eigenvalue weighted by Gasteiger charge is -2.08. The summed E-state index contributed by atoms with van der Waals surface area (Å²) in [5.74, 6) is -0.0781. The molecule has 4 rings (SSSR count). The first-order valence-corrected chi connectivity index (χ1v) is 10.9. The molecule has 6 nitrogen and oxygen atoms in total. The molecule has 0 atom stereocenters. The normalized spacial score (nSPS) is 10.8. The summed E-state index contributed by atoms with van der Waals surface area (Å²) in [6.07, 6.45) is 7.60. The molecule has 0 aliphatic rings. The first kappa shape index (κ1) is 20.0. The van der Waals surface area contributed by atoms with E-state index in [0.29, 0.717) is 12.1 Å². The number of amides is 1. The molecule has 0 unspecified atom stereocenters. The Hall–Kier alpha value is -3.32. The van der Waals surface area contributed by atoms with E-state index in [1.165, 1.54) is 0 Å². The van der Waals surface area contributed by atoms with E-state index in [4.69, 9.17) is 0 Å². The minimum Gasteiger partial charge on any atom is -0.352 e. The van der Waals surface area contributed by atoms with E-state index < -0.39 is 0 Å². The molecule has 3 aromatic heterocycles. The lowest BCUT2D eigenvalue weighted by Crippen LogP contribution is -2.25. The number of rotatable bonds is 8. The smallest absolute Gasteiger partial charge is 0.254 e. The third-order valence-corrected chi connectivity index (χ3v) is 5.74. The number of hydrogen-bond donors (Lipinski definition) is 1. The summed E-state index contributed by atoms with van der Waals surface area (Å²) in [5.41, 5.74) is 4.56. The molecule has 0 saturated heterocycles. The van der Waals surface area contributed by atoms with E-state index in [-0.39, 0.29) is 5.91 Å². The zero-order chi connectivity index (χ0) is 20.8. The lowest BCUT2D eigenvalue weighted by atomic mass is 10.2. The van der Waals surface area contributed by atoms with Crippen LogP contribution in [0.5, 0.6) is 0 Å². The van der Waals surface area contributed by atoms with Gasteiger partial charge in [-0.25, -0.2) is 9.67 Å². The highest BCUT2D eigenvalue weighted by Crippen LogP contribution is 2.22. The van der Waals surface area contributed by atoms with Crippen LogP contribution in [0.3, 0.4) is 0 Å². The monoisotopic (exact) mass is 417 g/mol. The summed E-state index contributed by atoms with van der Waals surface area (Å²) in [4.78, 5) is 21.4. The Morgan fingerprint density at radius 3 is 2.70 bits per heavy atom. The van der Waals surface area contributed by atoms with Gasteiger partial charge in [0.05, 0.1) is 33.8 Å². The van der Waals surface area contributed by atoms with Crippen LogP contribution in [-0.4, -0.2) is 32.2 Å². The number of nitrogens with one attached hydrogen (secondary N) is 1. The van der Waals surface area contributed by atoms with E-state index in [1.807, 2.05) is 54.1 Å². The number of aromatic nitrogens is 4. The van der Waals surface area contributed by atoms with Gasteiger partial charge < -0.3 is 5.32 Å². The fraction of sp³-hybridized carbons (Fsp3) is 0.217. The molecule has 1 amide bonds. The number of thiazole rings is 1. The number of carbonyl (C=O) groups is 1. The van der Waals surface area contributed by atoms with Gasteiger partial charge in [-0.1, -0.05) is 25.1 Å². The van der Waals surface area contributed by atoms with Crippen molar-refractivity contribution in [3.8, 4) is 16.9 Å². The third kappa shape index (κ3) is 4.46. The zero-order valence-electron chi connectivity index (χ0n) is 16.8. The molecule has 0 fully saturated rings. The zero-order valence-corrected chi connectivity index (χ0v) is 17.6. The van der Waals surface area contributed by atoms with Crippen LogP contribution in [0, 0.1) is 0 Å². The van der Waals surface area contributed by atoms with Crippen LogP contribution >= 0.6 is 11.3 Å². The fourth-order valence-corrected chi connectivity index (χ4v) is 4.16. The van der Waals surface area contributed by atoms with Crippen molar-refractivity contribution in [2.45, 2.75) is 26.2 Å². The van der Waals surface area contributed by atoms with Crippen LogP contribution in [0.4, 0.5) is 0 Å². The molecule has 0 aliphatic carbocycles. The average Bonchev–Trinajstić information content (AvgIpc) is 3.45. The number of nitrogens with zero attached hydrogens (tertiary/aromatic N) is 4. The average molecular weight is 418 g/mol. The second kappa shape index (κ2) is 9.45. The summed E-state index contributed by atoms with van der Waals surface area (Å²) in [7, 11) is 0. The molecule has 0 saturated carbocycles. The fourth-order valence-electron chi connectivity index (χ4n) is 3.31. The number of carbonyl (C=O) groups excluding carboxylic acids is 1.